The summed E-state index contributed by atoms with van der Waals surface area (Å²) in [5.74, 6) is 1.16. The van der Waals surface area contributed by atoms with Gasteiger partial charge in [-0.25, -0.2) is 4.98 Å². The van der Waals surface area contributed by atoms with Crippen LogP contribution in [-0.2, 0) is 0 Å². The lowest BCUT2D eigenvalue weighted by atomic mass is 9.89. The molecule has 5 rings (SSSR count). The van der Waals surface area contributed by atoms with Gasteiger partial charge in [0.05, 0.1) is 10.7 Å². The van der Waals surface area contributed by atoms with Gasteiger partial charge in [-0.2, -0.15) is 5.26 Å². The molecule has 4 heterocycles. The van der Waals surface area contributed by atoms with Gasteiger partial charge in [-0.05, 0) is 48.0 Å². The third-order valence-electron chi connectivity index (χ3n) is 6.23. The number of nitrogens with one attached hydrogen (secondary N) is 2. The van der Waals surface area contributed by atoms with E-state index in [1.54, 1.807) is 12.3 Å². The average Bonchev–Trinajstić information content (AvgIpc) is 3.39. The minimum Gasteiger partial charge on any atom is -0.444 e. The van der Waals surface area contributed by atoms with Crippen LogP contribution in [0.1, 0.15) is 37.9 Å². The number of furan rings is 1. The topological polar surface area (TPSA) is 77.1 Å². The summed E-state index contributed by atoms with van der Waals surface area (Å²) in [6.07, 6.45) is 7.89. The molecule has 0 amide bonds. The number of nitrogens with zero attached hydrogens (tertiary/aromatic N) is 3. The van der Waals surface area contributed by atoms with Crippen molar-refractivity contribution >= 4 is 32.7 Å². The number of halogens is 1. The number of rotatable bonds is 3. The lowest BCUT2D eigenvalue weighted by Crippen LogP contribution is -2.50. The molecular weight excluding hydrogens is 394 g/mol. The molecule has 2 N–H and O–H groups in total. The Morgan fingerprint density at radius 3 is 2.85 bits per heavy atom. The Bertz CT molecular complexity index is 867. The minimum atomic E-state index is 0.314. The van der Waals surface area contributed by atoms with Crippen LogP contribution in [0.5, 0.6) is 0 Å². The van der Waals surface area contributed by atoms with Crippen LogP contribution in [0.25, 0.3) is 11.0 Å². The number of aromatic nitrogens is 1. The van der Waals surface area contributed by atoms with Crippen molar-refractivity contribution in [2.75, 3.05) is 18.4 Å². The molecule has 6 nitrogen and oxygen atoms in total. The third-order valence-corrected chi connectivity index (χ3v) is 7.03. The smallest absolute Gasteiger partial charge is 0.204 e. The zero-order chi connectivity index (χ0) is 17.7. The first-order valence-electron chi connectivity index (χ1n) is 9.45. The molecule has 7 heteroatoms. The maximum absolute atomic E-state index is 9.01. The van der Waals surface area contributed by atoms with Crippen molar-refractivity contribution in [1.29, 1.82) is 5.26 Å². The Morgan fingerprint density at radius 2 is 2.15 bits per heavy atom. The molecule has 3 fully saturated rings. The maximum atomic E-state index is 9.01. The van der Waals surface area contributed by atoms with E-state index in [1.807, 2.05) is 6.07 Å². The predicted octanol–water partition coefficient (Wildman–Crippen LogP) is 3.23. The number of pyridine rings is 1. The fraction of sp³-hybridized carbons (Fsp3) is 0.579. The summed E-state index contributed by atoms with van der Waals surface area (Å²) >= 11 is 3.63. The molecule has 2 aliphatic heterocycles. The number of hydrogen-bond acceptors (Lipinski definition) is 6. The Hall–Kier alpha value is -1.62. The van der Waals surface area contributed by atoms with Crippen molar-refractivity contribution in [3.63, 3.8) is 0 Å². The normalized spacial score (nSPS) is 31.4. The molecule has 136 valence electrons. The Kier molecular flexibility index (Phi) is 4.15. The van der Waals surface area contributed by atoms with Crippen LogP contribution in [0.15, 0.2) is 21.2 Å². The lowest BCUT2D eigenvalue weighted by Gasteiger charge is -2.39. The molecule has 26 heavy (non-hydrogen) atoms. The van der Waals surface area contributed by atoms with E-state index in [2.05, 4.69) is 36.4 Å². The van der Waals surface area contributed by atoms with Gasteiger partial charge in [0, 0.05) is 48.7 Å². The summed E-state index contributed by atoms with van der Waals surface area (Å²) in [5.41, 5.74) is 0.639. The first-order valence-corrected chi connectivity index (χ1v) is 10.2. The molecule has 0 radical (unpaired) electrons. The monoisotopic (exact) mass is 415 g/mol. The zero-order valence-electron chi connectivity index (χ0n) is 14.5. The van der Waals surface area contributed by atoms with E-state index in [4.69, 9.17) is 9.68 Å². The molecule has 2 aromatic heterocycles. The summed E-state index contributed by atoms with van der Waals surface area (Å²) in [5, 5.41) is 17.1. The first kappa shape index (κ1) is 16.5. The van der Waals surface area contributed by atoms with E-state index in [-0.39, 0.29) is 0 Å². The van der Waals surface area contributed by atoms with Crippen LogP contribution in [0, 0.1) is 11.3 Å². The van der Waals surface area contributed by atoms with Gasteiger partial charge in [-0.1, -0.05) is 0 Å². The summed E-state index contributed by atoms with van der Waals surface area (Å²) in [6, 6.07) is 6.50. The zero-order valence-corrected chi connectivity index (χ0v) is 16.1. The second-order valence-electron chi connectivity index (χ2n) is 7.76. The van der Waals surface area contributed by atoms with Crippen LogP contribution in [0.4, 0.5) is 5.82 Å². The van der Waals surface area contributed by atoms with E-state index in [0.29, 0.717) is 17.4 Å². The predicted molar refractivity (Wildman–Crippen MR) is 103 cm³/mol. The lowest BCUT2D eigenvalue weighted by molar-refractivity contribution is 0.123. The van der Waals surface area contributed by atoms with Crippen molar-refractivity contribution in [2.45, 2.75) is 56.3 Å². The van der Waals surface area contributed by atoms with Crippen molar-refractivity contribution in [2.24, 2.45) is 0 Å². The average molecular weight is 416 g/mol. The van der Waals surface area contributed by atoms with Gasteiger partial charge in [0.2, 0.25) is 5.76 Å². The van der Waals surface area contributed by atoms with E-state index in [0.717, 1.165) is 33.8 Å². The van der Waals surface area contributed by atoms with Gasteiger partial charge in [0.15, 0.2) is 5.58 Å². The van der Waals surface area contributed by atoms with Crippen molar-refractivity contribution < 1.29 is 4.42 Å². The number of fused-ring (bicyclic) bond motifs is 3. The van der Waals surface area contributed by atoms with Crippen LogP contribution < -0.4 is 10.6 Å². The van der Waals surface area contributed by atoms with E-state index < -0.39 is 0 Å². The van der Waals surface area contributed by atoms with Gasteiger partial charge in [-0.3, -0.25) is 4.90 Å². The summed E-state index contributed by atoms with van der Waals surface area (Å²) < 4.78 is 6.33. The molecular formula is C19H22BrN5O. The van der Waals surface area contributed by atoms with Gasteiger partial charge >= 0.3 is 0 Å². The highest BCUT2D eigenvalue weighted by atomic mass is 79.9. The van der Waals surface area contributed by atoms with Crippen LogP contribution in [0.3, 0.4) is 0 Å². The number of nitriles is 1. The van der Waals surface area contributed by atoms with E-state index in [9.17, 15) is 0 Å². The SMILES string of the molecule is N#Cc1cc2c(Br)c(NC3CCC(N4C[C@H]5C[C@@H]4CN5)CC3)ncc2o1. The van der Waals surface area contributed by atoms with Gasteiger partial charge in [0.25, 0.3) is 0 Å². The first-order chi connectivity index (χ1) is 12.7. The fourth-order valence-electron chi connectivity index (χ4n) is 4.92. The summed E-state index contributed by atoms with van der Waals surface area (Å²) in [7, 11) is 0. The highest BCUT2D eigenvalue weighted by Gasteiger charge is 2.41. The number of anilines is 1. The van der Waals surface area contributed by atoms with Gasteiger partial charge < -0.3 is 15.1 Å². The molecule has 0 spiro atoms. The maximum Gasteiger partial charge on any atom is 0.204 e. The Morgan fingerprint density at radius 1 is 1.31 bits per heavy atom. The molecule has 2 atom stereocenters. The fourth-order valence-corrected chi connectivity index (χ4v) is 5.45. The van der Waals surface area contributed by atoms with Crippen LogP contribution >= 0.6 is 15.9 Å². The summed E-state index contributed by atoms with van der Waals surface area (Å²) in [6.45, 7) is 2.41. The molecule has 3 aliphatic rings. The highest BCUT2D eigenvalue weighted by Crippen LogP contribution is 2.35. The number of hydrogen-bond donors (Lipinski definition) is 2. The molecule has 2 bridgehead atoms. The quantitative estimate of drug-likeness (QED) is 0.800. The van der Waals surface area contributed by atoms with Crippen LogP contribution in [-0.4, -0.2) is 47.1 Å². The van der Waals surface area contributed by atoms with E-state index in [1.165, 1.54) is 45.2 Å². The molecule has 2 saturated heterocycles. The standard InChI is InChI=1S/C19H22BrN5O/c20-18-16-6-15(7-21)26-17(16)9-23-19(18)24-11-1-3-13(4-2-11)25-10-12-5-14(25)8-22-12/h6,9,11-14,22H,1-5,8,10H2,(H,23,24)/t11?,12-,13?,14-/m1/s1. The van der Waals surface area contributed by atoms with Crippen molar-refractivity contribution in [3.05, 3.63) is 22.5 Å². The second kappa shape index (κ2) is 6.52. The molecule has 1 saturated carbocycles. The van der Waals surface area contributed by atoms with Gasteiger partial charge in [0.1, 0.15) is 11.9 Å². The van der Waals surface area contributed by atoms with Crippen LogP contribution in [0.2, 0.25) is 0 Å². The van der Waals surface area contributed by atoms with Gasteiger partial charge in [-0.15, -0.1) is 0 Å². The van der Waals surface area contributed by atoms with E-state index >= 15 is 0 Å². The van der Waals surface area contributed by atoms with Crippen molar-refractivity contribution in [1.82, 2.24) is 15.2 Å². The molecule has 2 aromatic rings. The molecule has 1 aliphatic carbocycles. The second-order valence-corrected chi connectivity index (χ2v) is 8.56. The summed E-state index contributed by atoms with van der Waals surface area (Å²) in [4.78, 5) is 7.25. The highest BCUT2D eigenvalue weighted by molar-refractivity contribution is 9.10. The molecule has 0 aromatic carbocycles. The third kappa shape index (κ3) is 2.81. The van der Waals surface area contributed by atoms with Crippen molar-refractivity contribution in [3.8, 4) is 6.07 Å². The molecule has 0 unspecified atom stereocenters. The minimum absolute atomic E-state index is 0.314. The Balaban J connectivity index is 1.24. The number of likely N-dealkylation sites (tertiary alicyclic amines) is 1. The largest absolute Gasteiger partial charge is 0.444 e. The Labute approximate surface area is 161 Å². The number of piperazine rings is 1.